The molecule has 0 atom stereocenters. The van der Waals surface area contributed by atoms with Gasteiger partial charge in [0.1, 0.15) is 6.54 Å². The highest BCUT2D eigenvalue weighted by Gasteiger charge is 2.08. The zero-order valence-electron chi connectivity index (χ0n) is 12.0. The van der Waals surface area contributed by atoms with Crippen molar-refractivity contribution in [1.29, 1.82) is 0 Å². The Kier molecular flexibility index (Phi) is 4.04. The molecule has 6 heteroatoms. The van der Waals surface area contributed by atoms with Gasteiger partial charge in [0, 0.05) is 27.8 Å². The van der Waals surface area contributed by atoms with Crippen LogP contribution in [0.25, 0.3) is 10.9 Å². The minimum Gasteiger partial charge on any atom is -0.478 e. The number of benzene rings is 2. The van der Waals surface area contributed by atoms with E-state index in [1.807, 2.05) is 29.0 Å². The summed E-state index contributed by atoms with van der Waals surface area (Å²) in [5.74, 6) is -1.19. The standard InChI is InChI=1S/C17H13ClN2O3/c18-13-3-6-15-12(9-13)7-8-20(15)10-16(21)19-14-4-1-11(2-5-14)17(22)23/h1-9H,10H2,(H,19,21)(H,22,23). The molecule has 5 nitrogen and oxygen atoms in total. The Balaban J connectivity index is 1.72. The largest absolute Gasteiger partial charge is 0.478 e. The van der Waals surface area contributed by atoms with Gasteiger partial charge in [-0.3, -0.25) is 4.79 Å². The van der Waals surface area contributed by atoms with Crippen LogP contribution in [0.1, 0.15) is 10.4 Å². The summed E-state index contributed by atoms with van der Waals surface area (Å²) in [7, 11) is 0. The normalized spacial score (nSPS) is 10.7. The Hall–Kier alpha value is -2.79. The molecule has 0 aliphatic rings. The summed E-state index contributed by atoms with van der Waals surface area (Å²) in [6.07, 6.45) is 1.83. The van der Waals surface area contributed by atoms with Gasteiger partial charge >= 0.3 is 5.97 Å². The van der Waals surface area contributed by atoms with Crippen molar-refractivity contribution in [3.05, 3.63) is 65.3 Å². The molecule has 1 amide bonds. The number of fused-ring (bicyclic) bond motifs is 1. The minimum absolute atomic E-state index is 0.159. The summed E-state index contributed by atoms with van der Waals surface area (Å²) in [5.41, 5.74) is 1.65. The van der Waals surface area contributed by atoms with E-state index in [0.717, 1.165) is 10.9 Å². The van der Waals surface area contributed by atoms with Crippen molar-refractivity contribution < 1.29 is 14.7 Å². The van der Waals surface area contributed by atoms with Gasteiger partial charge in [-0.25, -0.2) is 4.79 Å². The lowest BCUT2D eigenvalue weighted by atomic mass is 10.2. The molecule has 0 aliphatic carbocycles. The summed E-state index contributed by atoms with van der Waals surface area (Å²) >= 11 is 5.95. The van der Waals surface area contributed by atoms with Crippen LogP contribution in [0.15, 0.2) is 54.7 Å². The van der Waals surface area contributed by atoms with E-state index < -0.39 is 5.97 Å². The first-order valence-electron chi connectivity index (χ1n) is 6.90. The topological polar surface area (TPSA) is 71.3 Å². The van der Waals surface area contributed by atoms with Crippen LogP contribution in [-0.2, 0) is 11.3 Å². The summed E-state index contributed by atoms with van der Waals surface area (Å²) in [6.45, 7) is 0.159. The van der Waals surface area contributed by atoms with Crippen LogP contribution in [0.4, 0.5) is 5.69 Å². The molecule has 0 saturated carbocycles. The van der Waals surface area contributed by atoms with E-state index in [-0.39, 0.29) is 18.0 Å². The Morgan fingerprint density at radius 1 is 1.09 bits per heavy atom. The second-order valence-electron chi connectivity index (χ2n) is 5.08. The van der Waals surface area contributed by atoms with E-state index in [2.05, 4.69) is 5.32 Å². The highest BCUT2D eigenvalue weighted by molar-refractivity contribution is 6.31. The molecule has 0 unspecified atom stereocenters. The molecule has 116 valence electrons. The van der Waals surface area contributed by atoms with E-state index in [1.165, 1.54) is 12.1 Å². The predicted molar refractivity (Wildman–Crippen MR) is 89.0 cm³/mol. The molecule has 3 rings (SSSR count). The van der Waals surface area contributed by atoms with Crippen LogP contribution in [0.3, 0.4) is 0 Å². The third-order valence-electron chi connectivity index (χ3n) is 3.46. The number of aromatic nitrogens is 1. The molecule has 0 aliphatic heterocycles. The molecule has 0 radical (unpaired) electrons. The number of rotatable bonds is 4. The van der Waals surface area contributed by atoms with Crippen molar-refractivity contribution >= 4 is 40.1 Å². The van der Waals surface area contributed by atoms with Crippen molar-refractivity contribution in [3.63, 3.8) is 0 Å². The van der Waals surface area contributed by atoms with Crippen molar-refractivity contribution in [2.45, 2.75) is 6.54 Å². The Morgan fingerprint density at radius 2 is 1.83 bits per heavy atom. The minimum atomic E-state index is -1.000. The Morgan fingerprint density at radius 3 is 2.52 bits per heavy atom. The first-order valence-corrected chi connectivity index (χ1v) is 7.28. The van der Waals surface area contributed by atoms with Gasteiger partial charge in [0.15, 0.2) is 0 Å². The Labute approximate surface area is 137 Å². The Bertz CT molecular complexity index is 884. The molecule has 2 N–H and O–H groups in total. The molecule has 23 heavy (non-hydrogen) atoms. The third-order valence-corrected chi connectivity index (χ3v) is 3.70. The molecule has 0 spiro atoms. The number of amides is 1. The number of carbonyl (C=O) groups is 2. The lowest BCUT2D eigenvalue weighted by molar-refractivity contribution is -0.116. The van der Waals surface area contributed by atoms with Gasteiger partial charge in [-0.15, -0.1) is 0 Å². The molecular formula is C17H13ClN2O3. The molecule has 1 heterocycles. The average molecular weight is 329 g/mol. The number of carboxylic acid groups (broad SMARTS) is 1. The van der Waals surface area contributed by atoms with E-state index in [9.17, 15) is 9.59 Å². The average Bonchev–Trinajstić information content (AvgIpc) is 2.89. The van der Waals surface area contributed by atoms with Crippen LogP contribution in [0, 0.1) is 0 Å². The molecular weight excluding hydrogens is 316 g/mol. The van der Waals surface area contributed by atoms with Crippen molar-refractivity contribution in [2.75, 3.05) is 5.32 Å². The number of carboxylic acids is 1. The quantitative estimate of drug-likeness (QED) is 0.768. The predicted octanol–water partition coefficient (Wildman–Crippen LogP) is 3.63. The highest BCUT2D eigenvalue weighted by atomic mass is 35.5. The van der Waals surface area contributed by atoms with Gasteiger partial charge in [0.2, 0.25) is 5.91 Å². The van der Waals surface area contributed by atoms with Gasteiger partial charge in [-0.2, -0.15) is 0 Å². The maximum atomic E-state index is 12.1. The number of halogens is 1. The van der Waals surface area contributed by atoms with Crippen molar-refractivity contribution in [1.82, 2.24) is 4.57 Å². The van der Waals surface area contributed by atoms with E-state index >= 15 is 0 Å². The SMILES string of the molecule is O=C(Cn1ccc2cc(Cl)ccc21)Nc1ccc(C(=O)O)cc1. The lowest BCUT2D eigenvalue weighted by Gasteiger charge is -2.08. The monoisotopic (exact) mass is 328 g/mol. The van der Waals surface area contributed by atoms with Crippen LogP contribution in [0.2, 0.25) is 5.02 Å². The van der Waals surface area contributed by atoms with Crippen LogP contribution < -0.4 is 5.32 Å². The zero-order valence-corrected chi connectivity index (χ0v) is 12.7. The van der Waals surface area contributed by atoms with E-state index in [0.29, 0.717) is 10.7 Å². The summed E-state index contributed by atoms with van der Waals surface area (Å²) < 4.78 is 1.83. The fourth-order valence-corrected chi connectivity index (χ4v) is 2.54. The molecule has 0 bridgehead atoms. The van der Waals surface area contributed by atoms with Gasteiger partial charge < -0.3 is 15.0 Å². The van der Waals surface area contributed by atoms with Gasteiger partial charge in [-0.05, 0) is 48.5 Å². The second kappa shape index (κ2) is 6.14. The number of carbonyl (C=O) groups excluding carboxylic acids is 1. The van der Waals surface area contributed by atoms with Gasteiger partial charge in [0.25, 0.3) is 0 Å². The number of hydrogen-bond acceptors (Lipinski definition) is 2. The summed E-state index contributed by atoms with van der Waals surface area (Å²) in [6, 6.07) is 13.4. The van der Waals surface area contributed by atoms with Crippen LogP contribution in [0.5, 0.6) is 0 Å². The smallest absolute Gasteiger partial charge is 0.335 e. The first-order chi connectivity index (χ1) is 11.0. The second-order valence-corrected chi connectivity index (χ2v) is 5.51. The summed E-state index contributed by atoms with van der Waals surface area (Å²) in [4.78, 5) is 22.9. The fraction of sp³-hybridized carbons (Fsp3) is 0.0588. The zero-order chi connectivity index (χ0) is 16.4. The van der Waals surface area contributed by atoms with Crippen LogP contribution >= 0.6 is 11.6 Å². The maximum absolute atomic E-state index is 12.1. The fourth-order valence-electron chi connectivity index (χ4n) is 2.36. The lowest BCUT2D eigenvalue weighted by Crippen LogP contribution is -2.18. The van der Waals surface area contributed by atoms with E-state index in [4.69, 9.17) is 16.7 Å². The number of anilines is 1. The third kappa shape index (κ3) is 3.35. The number of aromatic carboxylic acids is 1. The summed E-state index contributed by atoms with van der Waals surface area (Å²) in [5, 5.41) is 13.2. The molecule has 1 aromatic heterocycles. The number of nitrogens with one attached hydrogen (secondary N) is 1. The van der Waals surface area contributed by atoms with Gasteiger partial charge in [0.05, 0.1) is 5.56 Å². The number of hydrogen-bond donors (Lipinski definition) is 2. The van der Waals surface area contributed by atoms with Crippen molar-refractivity contribution in [2.24, 2.45) is 0 Å². The van der Waals surface area contributed by atoms with E-state index in [1.54, 1.807) is 18.2 Å². The molecule has 0 saturated heterocycles. The molecule has 0 fully saturated rings. The first kappa shape index (κ1) is 15.1. The number of nitrogens with zero attached hydrogens (tertiary/aromatic N) is 1. The van der Waals surface area contributed by atoms with Crippen LogP contribution in [-0.4, -0.2) is 21.6 Å². The highest BCUT2D eigenvalue weighted by Crippen LogP contribution is 2.20. The van der Waals surface area contributed by atoms with Crippen molar-refractivity contribution in [3.8, 4) is 0 Å². The molecule has 3 aromatic rings. The maximum Gasteiger partial charge on any atom is 0.335 e. The molecule has 2 aromatic carbocycles. The van der Waals surface area contributed by atoms with Gasteiger partial charge in [-0.1, -0.05) is 11.6 Å².